The summed E-state index contributed by atoms with van der Waals surface area (Å²) in [5.74, 6) is 2.16. The molecule has 0 aliphatic heterocycles. The number of aromatic nitrogens is 2. The molecule has 2 atom stereocenters. The number of nitrogens with zero attached hydrogens (tertiary/aromatic N) is 2. The summed E-state index contributed by atoms with van der Waals surface area (Å²) in [6.45, 7) is 6.26. The fraction of sp³-hybridized carbons (Fsp3) is 0.846. The van der Waals surface area contributed by atoms with E-state index in [1.54, 1.807) is 0 Å². The second kappa shape index (κ2) is 4.77. The minimum atomic E-state index is -0.640. The van der Waals surface area contributed by atoms with Crippen molar-refractivity contribution in [2.24, 2.45) is 5.92 Å². The van der Waals surface area contributed by atoms with Crippen LogP contribution in [0.4, 0.5) is 0 Å². The van der Waals surface area contributed by atoms with Crippen LogP contribution in [0, 0.1) is 5.92 Å². The van der Waals surface area contributed by atoms with E-state index in [1.807, 2.05) is 13.8 Å². The Morgan fingerprint density at radius 2 is 2.29 bits per heavy atom. The standard InChI is InChI=1S/C13H22N2O2/c1-9(2)12-14-11(17-15-12)8-13(16)6-4-5-10(3)7-13/h9-10,16H,4-8H2,1-3H3/t10-,13+/m1/s1. The first-order valence-corrected chi connectivity index (χ1v) is 6.53. The minimum absolute atomic E-state index is 0.271. The van der Waals surface area contributed by atoms with Crippen LogP contribution in [0.1, 0.15) is 64.1 Å². The predicted octanol–water partition coefficient (Wildman–Crippen LogP) is 2.68. The summed E-state index contributed by atoms with van der Waals surface area (Å²) < 4.78 is 5.21. The van der Waals surface area contributed by atoms with E-state index in [2.05, 4.69) is 17.1 Å². The SMILES string of the molecule is CC(C)c1noc(C[C@]2(O)CCC[C@@H](C)C2)n1. The molecule has 0 amide bonds. The molecule has 17 heavy (non-hydrogen) atoms. The lowest BCUT2D eigenvalue weighted by Crippen LogP contribution is -2.36. The molecule has 1 aliphatic carbocycles. The van der Waals surface area contributed by atoms with Gasteiger partial charge in [-0.15, -0.1) is 0 Å². The molecule has 0 aromatic carbocycles. The quantitative estimate of drug-likeness (QED) is 0.879. The molecule has 1 N–H and O–H groups in total. The smallest absolute Gasteiger partial charge is 0.229 e. The second-order valence-electron chi connectivity index (χ2n) is 5.80. The highest BCUT2D eigenvalue weighted by molar-refractivity contribution is 4.97. The average molecular weight is 238 g/mol. The van der Waals surface area contributed by atoms with Crippen LogP contribution in [0.3, 0.4) is 0 Å². The molecule has 0 saturated heterocycles. The van der Waals surface area contributed by atoms with Gasteiger partial charge in [0.15, 0.2) is 5.82 Å². The Balaban J connectivity index is 2.03. The highest BCUT2D eigenvalue weighted by atomic mass is 16.5. The lowest BCUT2D eigenvalue weighted by molar-refractivity contribution is -0.0180. The van der Waals surface area contributed by atoms with Gasteiger partial charge in [0.1, 0.15) is 0 Å². The lowest BCUT2D eigenvalue weighted by atomic mass is 9.77. The molecule has 1 aromatic rings. The summed E-state index contributed by atoms with van der Waals surface area (Å²) >= 11 is 0. The molecule has 2 rings (SSSR count). The Bertz CT molecular complexity index is 375. The molecule has 0 unspecified atom stereocenters. The van der Waals surface area contributed by atoms with Gasteiger partial charge in [-0.3, -0.25) is 0 Å². The number of rotatable bonds is 3. The van der Waals surface area contributed by atoms with Gasteiger partial charge in [-0.1, -0.05) is 38.8 Å². The van der Waals surface area contributed by atoms with Crippen molar-refractivity contribution >= 4 is 0 Å². The van der Waals surface area contributed by atoms with Crippen LogP contribution in [0.5, 0.6) is 0 Å². The molecule has 0 bridgehead atoms. The first-order valence-electron chi connectivity index (χ1n) is 6.53. The van der Waals surface area contributed by atoms with Crippen molar-refractivity contribution in [3.8, 4) is 0 Å². The van der Waals surface area contributed by atoms with Gasteiger partial charge in [0, 0.05) is 5.92 Å². The molecular weight excluding hydrogens is 216 g/mol. The maximum Gasteiger partial charge on any atom is 0.229 e. The minimum Gasteiger partial charge on any atom is -0.389 e. The topological polar surface area (TPSA) is 59.2 Å². The Morgan fingerprint density at radius 3 is 2.88 bits per heavy atom. The van der Waals surface area contributed by atoms with Gasteiger partial charge in [0.2, 0.25) is 5.89 Å². The second-order valence-corrected chi connectivity index (χ2v) is 5.80. The molecule has 4 heteroatoms. The first kappa shape index (κ1) is 12.6. The Labute approximate surface area is 102 Å². The van der Waals surface area contributed by atoms with E-state index < -0.39 is 5.60 Å². The van der Waals surface area contributed by atoms with E-state index in [-0.39, 0.29) is 5.92 Å². The monoisotopic (exact) mass is 238 g/mol. The lowest BCUT2D eigenvalue weighted by Gasteiger charge is -2.34. The van der Waals surface area contributed by atoms with Crippen LogP contribution >= 0.6 is 0 Å². The van der Waals surface area contributed by atoms with Gasteiger partial charge in [0.25, 0.3) is 0 Å². The molecular formula is C13H22N2O2. The fourth-order valence-electron chi connectivity index (χ4n) is 2.65. The maximum absolute atomic E-state index is 10.5. The third kappa shape index (κ3) is 3.06. The number of aliphatic hydroxyl groups is 1. The van der Waals surface area contributed by atoms with Crippen LogP contribution in [-0.4, -0.2) is 20.8 Å². The Kier molecular flexibility index (Phi) is 3.52. The summed E-state index contributed by atoms with van der Waals surface area (Å²) in [5, 5.41) is 14.4. The van der Waals surface area contributed by atoms with Crippen molar-refractivity contribution in [3.05, 3.63) is 11.7 Å². The summed E-state index contributed by atoms with van der Waals surface area (Å²) in [5.41, 5.74) is -0.640. The third-order valence-electron chi connectivity index (χ3n) is 3.55. The van der Waals surface area contributed by atoms with E-state index in [4.69, 9.17) is 4.52 Å². The van der Waals surface area contributed by atoms with Crippen LogP contribution in [0.25, 0.3) is 0 Å². The molecule has 1 saturated carbocycles. The van der Waals surface area contributed by atoms with Crippen molar-refractivity contribution in [3.63, 3.8) is 0 Å². The highest BCUT2D eigenvalue weighted by Gasteiger charge is 2.34. The van der Waals surface area contributed by atoms with E-state index in [0.717, 1.165) is 25.1 Å². The average Bonchev–Trinajstić information content (AvgIpc) is 2.64. The van der Waals surface area contributed by atoms with Crippen LogP contribution in [-0.2, 0) is 6.42 Å². The van der Waals surface area contributed by atoms with Gasteiger partial charge < -0.3 is 9.63 Å². The van der Waals surface area contributed by atoms with Gasteiger partial charge in [-0.05, 0) is 18.8 Å². The van der Waals surface area contributed by atoms with Crippen molar-refractivity contribution in [1.29, 1.82) is 0 Å². The largest absolute Gasteiger partial charge is 0.389 e. The highest BCUT2D eigenvalue weighted by Crippen LogP contribution is 2.34. The van der Waals surface area contributed by atoms with Crippen molar-refractivity contribution in [1.82, 2.24) is 10.1 Å². The normalized spacial score (nSPS) is 29.8. The number of hydrogen-bond donors (Lipinski definition) is 1. The zero-order chi connectivity index (χ0) is 12.5. The van der Waals surface area contributed by atoms with E-state index >= 15 is 0 Å². The zero-order valence-corrected chi connectivity index (χ0v) is 10.9. The van der Waals surface area contributed by atoms with E-state index in [0.29, 0.717) is 18.2 Å². The molecule has 1 heterocycles. The zero-order valence-electron chi connectivity index (χ0n) is 10.9. The summed E-state index contributed by atoms with van der Waals surface area (Å²) in [6.07, 6.45) is 4.48. The van der Waals surface area contributed by atoms with Crippen molar-refractivity contribution in [2.75, 3.05) is 0 Å². The fourth-order valence-corrected chi connectivity index (χ4v) is 2.65. The molecule has 96 valence electrons. The Hall–Kier alpha value is -0.900. The van der Waals surface area contributed by atoms with Gasteiger partial charge >= 0.3 is 0 Å². The molecule has 1 fully saturated rings. The van der Waals surface area contributed by atoms with Crippen molar-refractivity contribution < 1.29 is 9.63 Å². The van der Waals surface area contributed by atoms with Crippen LogP contribution in [0.15, 0.2) is 4.52 Å². The number of hydrogen-bond acceptors (Lipinski definition) is 4. The summed E-state index contributed by atoms with van der Waals surface area (Å²) in [7, 11) is 0. The van der Waals surface area contributed by atoms with Gasteiger partial charge in [-0.25, -0.2) is 0 Å². The molecule has 0 radical (unpaired) electrons. The molecule has 4 nitrogen and oxygen atoms in total. The van der Waals surface area contributed by atoms with Crippen LogP contribution < -0.4 is 0 Å². The first-order chi connectivity index (χ1) is 7.98. The van der Waals surface area contributed by atoms with Crippen LogP contribution in [0.2, 0.25) is 0 Å². The summed E-state index contributed by atoms with van der Waals surface area (Å²) in [6, 6.07) is 0. The summed E-state index contributed by atoms with van der Waals surface area (Å²) in [4.78, 5) is 4.34. The van der Waals surface area contributed by atoms with E-state index in [1.165, 1.54) is 6.42 Å². The molecule has 0 spiro atoms. The Morgan fingerprint density at radius 1 is 1.53 bits per heavy atom. The van der Waals surface area contributed by atoms with Gasteiger partial charge in [-0.2, -0.15) is 4.98 Å². The van der Waals surface area contributed by atoms with E-state index in [9.17, 15) is 5.11 Å². The maximum atomic E-state index is 10.5. The predicted molar refractivity (Wildman–Crippen MR) is 64.7 cm³/mol. The molecule has 1 aromatic heterocycles. The third-order valence-corrected chi connectivity index (χ3v) is 3.55. The van der Waals surface area contributed by atoms with Crippen molar-refractivity contribution in [2.45, 2.75) is 64.4 Å². The van der Waals surface area contributed by atoms with Gasteiger partial charge in [0.05, 0.1) is 12.0 Å². The molecule has 1 aliphatic rings.